The first kappa shape index (κ1) is 16.0. The van der Waals surface area contributed by atoms with Gasteiger partial charge in [-0.15, -0.1) is 0 Å². The summed E-state index contributed by atoms with van der Waals surface area (Å²) in [6, 6.07) is 16.2. The number of halogens is 1. The maximum atomic E-state index is 12.0. The van der Waals surface area contributed by atoms with Gasteiger partial charge in [-0.1, -0.05) is 54.1 Å². The molecule has 2 aromatic rings. The summed E-state index contributed by atoms with van der Waals surface area (Å²) in [6.07, 6.45) is 0. The molecular formula is C17H17ClN2O2. The summed E-state index contributed by atoms with van der Waals surface area (Å²) in [6.45, 7) is 1.80. The predicted octanol–water partition coefficient (Wildman–Crippen LogP) is 2.95. The highest BCUT2D eigenvalue weighted by molar-refractivity contribution is 6.33. The van der Waals surface area contributed by atoms with Crippen molar-refractivity contribution in [1.29, 1.82) is 0 Å². The fourth-order valence-electron chi connectivity index (χ4n) is 2.02. The number of rotatable bonds is 5. The topological polar surface area (TPSA) is 58.2 Å². The zero-order valence-electron chi connectivity index (χ0n) is 12.2. The van der Waals surface area contributed by atoms with Crippen molar-refractivity contribution in [2.45, 2.75) is 13.0 Å². The van der Waals surface area contributed by atoms with E-state index >= 15 is 0 Å². The van der Waals surface area contributed by atoms with Crippen LogP contribution in [0.3, 0.4) is 0 Å². The molecule has 2 aromatic carbocycles. The minimum atomic E-state index is -0.367. The largest absolute Gasteiger partial charge is 0.348 e. The van der Waals surface area contributed by atoms with Gasteiger partial charge in [0.2, 0.25) is 5.91 Å². The molecule has 4 nitrogen and oxygen atoms in total. The average molecular weight is 317 g/mol. The van der Waals surface area contributed by atoms with Gasteiger partial charge in [0.05, 0.1) is 23.2 Å². The van der Waals surface area contributed by atoms with Crippen LogP contribution >= 0.6 is 11.6 Å². The van der Waals surface area contributed by atoms with Crippen molar-refractivity contribution in [3.63, 3.8) is 0 Å². The van der Waals surface area contributed by atoms with E-state index in [0.717, 1.165) is 5.56 Å². The van der Waals surface area contributed by atoms with E-state index in [1.54, 1.807) is 24.3 Å². The number of benzene rings is 2. The van der Waals surface area contributed by atoms with Crippen molar-refractivity contribution in [2.75, 3.05) is 6.54 Å². The van der Waals surface area contributed by atoms with E-state index in [2.05, 4.69) is 10.6 Å². The summed E-state index contributed by atoms with van der Waals surface area (Å²) in [5, 5.41) is 5.75. The molecule has 114 valence electrons. The van der Waals surface area contributed by atoms with Crippen LogP contribution in [0, 0.1) is 0 Å². The quantitative estimate of drug-likeness (QED) is 0.891. The highest BCUT2D eigenvalue weighted by Gasteiger charge is 2.13. The van der Waals surface area contributed by atoms with Crippen LogP contribution in [0.15, 0.2) is 54.6 Å². The van der Waals surface area contributed by atoms with Crippen molar-refractivity contribution in [2.24, 2.45) is 0 Å². The van der Waals surface area contributed by atoms with Gasteiger partial charge in [0, 0.05) is 0 Å². The third-order valence-electron chi connectivity index (χ3n) is 3.21. The smallest absolute Gasteiger partial charge is 0.253 e. The Bertz CT molecular complexity index is 659. The Kier molecular flexibility index (Phi) is 5.55. The minimum Gasteiger partial charge on any atom is -0.348 e. The molecule has 0 spiro atoms. The van der Waals surface area contributed by atoms with Crippen LogP contribution < -0.4 is 10.6 Å². The molecule has 22 heavy (non-hydrogen) atoms. The number of carbonyl (C=O) groups is 2. The van der Waals surface area contributed by atoms with Crippen LogP contribution in [-0.2, 0) is 4.79 Å². The summed E-state index contributed by atoms with van der Waals surface area (Å²) < 4.78 is 0. The van der Waals surface area contributed by atoms with Gasteiger partial charge in [-0.05, 0) is 24.6 Å². The second-order valence-corrected chi connectivity index (χ2v) is 5.27. The Labute approximate surface area is 134 Å². The number of amides is 2. The molecule has 1 atom stereocenters. The summed E-state index contributed by atoms with van der Waals surface area (Å²) in [5.41, 5.74) is 1.36. The van der Waals surface area contributed by atoms with Crippen molar-refractivity contribution >= 4 is 23.4 Å². The lowest BCUT2D eigenvalue weighted by Gasteiger charge is -2.14. The molecule has 0 heterocycles. The molecule has 0 fully saturated rings. The minimum absolute atomic E-state index is 0.0960. The normalized spacial score (nSPS) is 11.5. The van der Waals surface area contributed by atoms with Crippen molar-refractivity contribution in [1.82, 2.24) is 10.6 Å². The van der Waals surface area contributed by atoms with Gasteiger partial charge in [-0.3, -0.25) is 9.59 Å². The average Bonchev–Trinajstić information content (AvgIpc) is 2.54. The molecule has 2 N–H and O–H groups in total. The van der Waals surface area contributed by atoms with Crippen molar-refractivity contribution < 1.29 is 9.59 Å². The molecule has 2 rings (SSSR count). The highest BCUT2D eigenvalue weighted by Crippen LogP contribution is 2.14. The zero-order valence-corrected chi connectivity index (χ0v) is 12.9. The Morgan fingerprint density at radius 1 is 1.05 bits per heavy atom. The first-order valence-corrected chi connectivity index (χ1v) is 7.33. The Morgan fingerprint density at radius 2 is 1.68 bits per heavy atom. The van der Waals surface area contributed by atoms with Crippen molar-refractivity contribution in [3.8, 4) is 0 Å². The number of hydrogen-bond acceptors (Lipinski definition) is 2. The number of hydrogen-bond donors (Lipinski definition) is 2. The van der Waals surface area contributed by atoms with Gasteiger partial charge in [0.25, 0.3) is 5.91 Å². The van der Waals surface area contributed by atoms with Gasteiger partial charge in [-0.2, -0.15) is 0 Å². The van der Waals surface area contributed by atoms with Gasteiger partial charge in [0.15, 0.2) is 0 Å². The Balaban J connectivity index is 1.85. The molecule has 0 saturated carbocycles. The molecule has 5 heteroatoms. The van der Waals surface area contributed by atoms with E-state index in [1.807, 2.05) is 37.3 Å². The van der Waals surface area contributed by atoms with E-state index in [-0.39, 0.29) is 24.4 Å². The van der Waals surface area contributed by atoms with E-state index < -0.39 is 0 Å². The second-order valence-electron chi connectivity index (χ2n) is 4.86. The zero-order chi connectivity index (χ0) is 15.9. The number of carbonyl (C=O) groups excluding carboxylic acids is 2. The third kappa shape index (κ3) is 4.33. The second kappa shape index (κ2) is 7.61. The first-order valence-electron chi connectivity index (χ1n) is 6.95. The van der Waals surface area contributed by atoms with Gasteiger partial charge in [0.1, 0.15) is 0 Å². The lowest BCUT2D eigenvalue weighted by Crippen LogP contribution is -2.38. The molecule has 0 bridgehead atoms. The molecule has 0 aliphatic heterocycles. The van der Waals surface area contributed by atoms with E-state index in [0.29, 0.717) is 10.6 Å². The Morgan fingerprint density at radius 3 is 2.36 bits per heavy atom. The number of nitrogens with one attached hydrogen (secondary N) is 2. The van der Waals surface area contributed by atoms with Gasteiger partial charge < -0.3 is 10.6 Å². The molecule has 0 saturated heterocycles. The fourth-order valence-corrected chi connectivity index (χ4v) is 2.24. The molecule has 0 aromatic heterocycles. The van der Waals surface area contributed by atoms with Crippen LogP contribution in [-0.4, -0.2) is 18.4 Å². The van der Waals surface area contributed by atoms with Crippen LogP contribution in [0.25, 0.3) is 0 Å². The van der Waals surface area contributed by atoms with E-state index in [4.69, 9.17) is 11.6 Å². The SMILES string of the molecule is C[C@H](NC(=O)CNC(=O)c1ccccc1Cl)c1ccccc1. The summed E-state index contributed by atoms with van der Waals surface area (Å²) in [5.74, 6) is -0.620. The Hall–Kier alpha value is -2.33. The predicted molar refractivity (Wildman–Crippen MR) is 86.8 cm³/mol. The van der Waals surface area contributed by atoms with Crippen LogP contribution in [0.1, 0.15) is 28.9 Å². The molecule has 0 aliphatic carbocycles. The molecule has 2 amide bonds. The van der Waals surface area contributed by atoms with Gasteiger partial charge in [-0.25, -0.2) is 0 Å². The summed E-state index contributed by atoms with van der Waals surface area (Å²) in [7, 11) is 0. The maximum absolute atomic E-state index is 12.0. The van der Waals surface area contributed by atoms with Crippen LogP contribution in [0.4, 0.5) is 0 Å². The van der Waals surface area contributed by atoms with Crippen LogP contribution in [0.5, 0.6) is 0 Å². The van der Waals surface area contributed by atoms with Crippen LogP contribution in [0.2, 0.25) is 5.02 Å². The summed E-state index contributed by atoms with van der Waals surface area (Å²) >= 11 is 5.94. The fraction of sp³-hybridized carbons (Fsp3) is 0.176. The highest BCUT2D eigenvalue weighted by atomic mass is 35.5. The molecule has 0 unspecified atom stereocenters. The third-order valence-corrected chi connectivity index (χ3v) is 3.53. The molecule has 0 radical (unpaired) electrons. The van der Waals surface area contributed by atoms with Gasteiger partial charge >= 0.3 is 0 Å². The molecular weight excluding hydrogens is 300 g/mol. The standard InChI is InChI=1S/C17H17ClN2O2/c1-12(13-7-3-2-4-8-13)20-16(21)11-19-17(22)14-9-5-6-10-15(14)18/h2-10,12H,11H2,1H3,(H,19,22)(H,20,21)/t12-/m0/s1. The maximum Gasteiger partial charge on any atom is 0.253 e. The first-order chi connectivity index (χ1) is 10.6. The van der Waals surface area contributed by atoms with E-state index in [9.17, 15) is 9.59 Å². The van der Waals surface area contributed by atoms with Crippen molar-refractivity contribution in [3.05, 3.63) is 70.7 Å². The lowest BCUT2D eigenvalue weighted by atomic mass is 10.1. The summed E-state index contributed by atoms with van der Waals surface area (Å²) in [4.78, 5) is 23.8. The lowest BCUT2D eigenvalue weighted by molar-refractivity contribution is -0.120. The molecule has 0 aliphatic rings. The monoisotopic (exact) mass is 316 g/mol. The van der Waals surface area contributed by atoms with E-state index in [1.165, 1.54) is 0 Å².